The number of oxazole rings is 1. The van der Waals surface area contributed by atoms with Crippen LogP contribution in [-0.2, 0) is 4.79 Å². The van der Waals surface area contributed by atoms with Crippen LogP contribution in [-0.4, -0.2) is 11.0 Å². The van der Waals surface area contributed by atoms with Gasteiger partial charge in [0.25, 0.3) is 0 Å². The van der Waals surface area contributed by atoms with Crippen molar-refractivity contribution in [2.24, 2.45) is 0 Å². The number of esters is 1. The Morgan fingerprint density at radius 3 is 2.56 bits per heavy atom. The van der Waals surface area contributed by atoms with E-state index in [4.69, 9.17) is 20.8 Å². The van der Waals surface area contributed by atoms with Gasteiger partial charge in [-0.05, 0) is 48.0 Å². The quantitative estimate of drug-likeness (QED) is 0.258. The zero-order chi connectivity index (χ0) is 18.6. The Hall–Kier alpha value is -3.37. The van der Waals surface area contributed by atoms with Crippen LogP contribution in [0.3, 0.4) is 0 Å². The van der Waals surface area contributed by atoms with E-state index >= 15 is 0 Å². The first-order valence-electron chi connectivity index (χ1n) is 8.29. The van der Waals surface area contributed by atoms with Crippen molar-refractivity contribution in [1.82, 2.24) is 4.98 Å². The van der Waals surface area contributed by atoms with Gasteiger partial charge in [0, 0.05) is 22.7 Å². The predicted molar refractivity (Wildman–Crippen MR) is 106 cm³/mol. The average molecular weight is 376 g/mol. The summed E-state index contributed by atoms with van der Waals surface area (Å²) in [5, 5.41) is 0.643. The predicted octanol–water partition coefficient (Wildman–Crippen LogP) is 5.77. The summed E-state index contributed by atoms with van der Waals surface area (Å²) in [7, 11) is 0. The summed E-state index contributed by atoms with van der Waals surface area (Å²) >= 11 is 5.84. The van der Waals surface area contributed by atoms with E-state index in [9.17, 15) is 4.79 Å². The third-order valence-corrected chi connectivity index (χ3v) is 4.13. The molecule has 0 bridgehead atoms. The Bertz CT molecular complexity index is 1120. The standard InChI is InChI=1S/C22H14ClNO3/c23-17-9-6-15(7-10-17)8-13-21(25)26-18-11-12-19-20(14-18)27-22(24-19)16-4-2-1-3-5-16/h1-14H/b13-8+. The zero-order valence-corrected chi connectivity index (χ0v) is 14.9. The van der Waals surface area contributed by atoms with E-state index in [0.717, 1.165) is 11.1 Å². The molecule has 132 valence electrons. The number of halogens is 1. The summed E-state index contributed by atoms with van der Waals surface area (Å²) in [5.74, 6) is 0.438. The van der Waals surface area contributed by atoms with Crippen molar-refractivity contribution in [1.29, 1.82) is 0 Å². The highest BCUT2D eigenvalue weighted by molar-refractivity contribution is 6.30. The number of benzene rings is 3. The van der Waals surface area contributed by atoms with Gasteiger partial charge in [0.2, 0.25) is 5.89 Å². The van der Waals surface area contributed by atoms with Crippen LogP contribution in [0.4, 0.5) is 0 Å². The molecule has 0 amide bonds. The van der Waals surface area contributed by atoms with Crippen molar-refractivity contribution >= 4 is 34.7 Å². The lowest BCUT2D eigenvalue weighted by Gasteiger charge is -2.00. The second-order valence-electron chi connectivity index (χ2n) is 5.82. The number of nitrogens with zero attached hydrogens (tertiary/aromatic N) is 1. The molecule has 1 aromatic heterocycles. The van der Waals surface area contributed by atoms with E-state index in [0.29, 0.717) is 27.8 Å². The lowest BCUT2D eigenvalue weighted by Crippen LogP contribution is -2.03. The summed E-state index contributed by atoms with van der Waals surface area (Å²) in [6, 6.07) is 21.9. The van der Waals surface area contributed by atoms with E-state index in [-0.39, 0.29) is 0 Å². The second-order valence-corrected chi connectivity index (χ2v) is 6.26. The Morgan fingerprint density at radius 2 is 1.78 bits per heavy atom. The summed E-state index contributed by atoms with van der Waals surface area (Å²) in [6.45, 7) is 0. The maximum Gasteiger partial charge on any atom is 0.336 e. The average Bonchev–Trinajstić information content (AvgIpc) is 3.12. The third kappa shape index (κ3) is 4.07. The molecule has 1 heterocycles. The van der Waals surface area contributed by atoms with E-state index in [1.165, 1.54) is 6.08 Å². The van der Waals surface area contributed by atoms with E-state index in [1.807, 2.05) is 42.5 Å². The molecule has 0 fully saturated rings. The molecule has 0 radical (unpaired) electrons. The molecule has 4 rings (SSSR count). The molecule has 5 heteroatoms. The number of hydrogen-bond donors (Lipinski definition) is 0. The highest BCUT2D eigenvalue weighted by Gasteiger charge is 2.10. The minimum Gasteiger partial charge on any atom is -0.436 e. The fraction of sp³-hybridized carbons (Fsp3) is 0. The molecule has 0 unspecified atom stereocenters. The van der Waals surface area contributed by atoms with Gasteiger partial charge in [0.15, 0.2) is 5.58 Å². The van der Waals surface area contributed by atoms with Crippen LogP contribution in [0.5, 0.6) is 5.75 Å². The van der Waals surface area contributed by atoms with Gasteiger partial charge in [-0.1, -0.05) is 41.9 Å². The molecule has 0 aliphatic heterocycles. The second kappa shape index (κ2) is 7.48. The first-order chi connectivity index (χ1) is 13.2. The Labute approximate surface area is 160 Å². The molecule has 27 heavy (non-hydrogen) atoms. The van der Waals surface area contributed by atoms with Gasteiger partial charge in [-0.2, -0.15) is 0 Å². The highest BCUT2D eigenvalue weighted by Crippen LogP contribution is 2.27. The van der Waals surface area contributed by atoms with Crippen LogP contribution in [0.1, 0.15) is 5.56 Å². The largest absolute Gasteiger partial charge is 0.436 e. The molecule has 3 aromatic carbocycles. The maximum absolute atomic E-state index is 12.0. The fourth-order valence-electron chi connectivity index (χ4n) is 2.56. The van der Waals surface area contributed by atoms with E-state index in [2.05, 4.69) is 4.98 Å². The van der Waals surface area contributed by atoms with Crippen LogP contribution in [0.15, 0.2) is 83.3 Å². The molecule has 0 aliphatic rings. The number of fused-ring (bicyclic) bond motifs is 1. The lowest BCUT2D eigenvalue weighted by atomic mass is 10.2. The maximum atomic E-state index is 12.0. The molecule has 4 nitrogen and oxygen atoms in total. The number of carbonyl (C=O) groups is 1. The number of carbonyl (C=O) groups excluding carboxylic acids is 1. The van der Waals surface area contributed by atoms with Gasteiger partial charge in [0.05, 0.1) is 0 Å². The van der Waals surface area contributed by atoms with Crippen molar-refractivity contribution in [3.05, 3.63) is 89.5 Å². The van der Waals surface area contributed by atoms with Gasteiger partial charge in [-0.15, -0.1) is 0 Å². The SMILES string of the molecule is O=C(/C=C/c1ccc(Cl)cc1)Oc1ccc2nc(-c3ccccc3)oc2c1. The summed E-state index contributed by atoms with van der Waals surface area (Å²) in [6.07, 6.45) is 3.03. The number of ether oxygens (including phenoxy) is 1. The lowest BCUT2D eigenvalue weighted by molar-refractivity contribution is -0.128. The van der Waals surface area contributed by atoms with E-state index < -0.39 is 5.97 Å². The minimum absolute atomic E-state index is 0.393. The Kier molecular flexibility index (Phi) is 4.73. The highest BCUT2D eigenvalue weighted by atomic mass is 35.5. The first kappa shape index (κ1) is 17.1. The van der Waals surface area contributed by atoms with Crippen molar-refractivity contribution in [3.8, 4) is 17.2 Å². The van der Waals surface area contributed by atoms with E-state index in [1.54, 1.807) is 36.4 Å². The molecule has 4 aromatic rings. The van der Waals surface area contributed by atoms with Gasteiger partial charge in [-0.25, -0.2) is 9.78 Å². The smallest absolute Gasteiger partial charge is 0.336 e. The molecule has 0 saturated carbocycles. The molecule has 0 spiro atoms. The van der Waals surface area contributed by atoms with Crippen molar-refractivity contribution in [2.45, 2.75) is 0 Å². The summed E-state index contributed by atoms with van der Waals surface area (Å²) < 4.78 is 11.1. The molecular weight excluding hydrogens is 362 g/mol. The fourth-order valence-corrected chi connectivity index (χ4v) is 2.69. The van der Waals surface area contributed by atoms with Crippen LogP contribution < -0.4 is 4.74 Å². The van der Waals surface area contributed by atoms with Crippen LogP contribution in [0.2, 0.25) is 5.02 Å². The van der Waals surface area contributed by atoms with Crippen LogP contribution in [0, 0.1) is 0 Å². The topological polar surface area (TPSA) is 52.3 Å². The first-order valence-corrected chi connectivity index (χ1v) is 8.67. The molecule has 0 aliphatic carbocycles. The van der Waals surface area contributed by atoms with Gasteiger partial charge >= 0.3 is 5.97 Å². The van der Waals surface area contributed by atoms with Crippen LogP contribution in [0.25, 0.3) is 28.6 Å². The van der Waals surface area contributed by atoms with Crippen molar-refractivity contribution in [3.63, 3.8) is 0 Å². The van der Waals surface area contributed by atoms with Gasteiger partial charge in [-0.3, -0.25) is 0 Å². The number of hydrogen-bond acceptors (Lipinski definition) is 4. The Morgan fingerprint density at radius 1 is 1.00 bits per heavy atom. The monoisotopic (exact) mass is 375 g/mol. The molecular formula is C22H14ClNO3. The third-order valence-electron chi connectivity index (χ3n) is 3.88. The Balaban J connectivity index is 1.50. The van der Waals surface area contributed by atoms with Crippen LogP contribution >= 0.6 is 11.6 Å². The molecule has 0 N–H and O–H groups in total. The molecule has 0 saturated heterocycles. The minimum atomic E-state index is -0.480. The van der Waals surface area contributed by atoms with Gasteiger partial charge in [0.1, 0.15) is 11.3 Å². The summed E-state index contributed by atoms with van der Waals surface area (Å²) in [5.41, 5.74) is 3.00. The zero-order valence-electron chi connectivity index (χ0n) is 14.1. The normalized spacial score (nSPS) is 11.1. The van der Waals surface area contributed by atoms with Crippen molar-refractivity contribution in [2.75, 3.05) is 0 Å². The van der Waals surface area contributed by atoms with Gasteiger partial charge < -0.3 is 9.15 Å². The number of rotatable bonds is 4. The summed E-state index contributed by atoms with van der Waals surface area (Å²) in [4.78, 5) is 16.5. The van der Waals surface area contributed by atoms with Crippen molar-refractivity contribution < 1.29 is 13.9 Å². The molecule has 0 atom stereocenters. The number of aromatic nitrogens is 1.